The van der Waals surface area contributed by atoms with E-state index in [4.69, 9.17) is 0 Å². The normalized spacial score (nSPS) is 14.5. The summed E-state index contributed by atoms with van der Waals surface area (Å²) in [7, 11) is 0. The van der Waals surface area contributed by atoms with Gasteiger partial charge in [-0.15, -0.1) is 11.3 Å². The van der Waals surface area contributed by atoms with E-state index < -0.39 is 4.92 Å². The molecule has 8 heteroatoms. The van der Waals surface area contributed by atoms with Gasteiger partial charge in [0.05, 0.1) is 21.9 Å². The van der Waals surface area contributed by atoms with Crippen LogP contribution in [0.3, 0.4) is 0 Å². The van der Waals surface area contributed by atoms with Gasteiger partial charge in [0.15, 0.2) is 5.13 Å². The van der Waals surface area contributed by atoms with E-state index in [0.717, 1.165) is 42.7 Å². The number of nitrogens with zero attached hydrogens (tertiary/aromatic N) is 5. The van der Waals surface area contributed by atoms with E-state index in [1.54, 1.807) is 17.4 Å². The van der Waals surface area contributed by atoms with Crippen LogP contribution in [0.2, 0.25) is 0 Å². The number of nitriles is 1. The molecule has 0 bridgehead atoms. The number of nitro benzene ring substituents is 1. The van der Waals surface area contributed by atoms with Crippen molar-refractivity contribution in [3.63, 3.8) is 0 Å². The first-order valence-electron chi connectivity index (χ1n) is 7.62. The van der Waals surface area contributed by atoms with Gasteiger partial charge in [-0.1, -0.05) is 0 Å². The second kappa shape index (κ2) is 6.45. The molecule has 7 nitrogen and oxygen atoms in total. The Hall–Kier alpha value is -2.66. The minimum atomic E-state index is -0.477. The molecule has 0 aliphatic carbocycles. The van der Waals surface area contributed by atoms with Crippen molar-refractivity contribution >= 4 is 27.8 Å². The molecule has 1 saturated heterocycles. The first kappa shape index (κ1) is 16.2. The summed E-state index contributed by atoms with van der Waals surface area (Å²) in [6.07, 6.45) is 0. The molecule has 1 aromatic heterocycles. The average molecular weight is 343 g/mol. The van der Waals surface area contributed by atoms with Crippen LogP contribution in [0.15, 0.2) is 18.2 Å². The Morgan fingerprint density at radius 1 is 1.25 bits per heavy atom. The fourth-order valence-corrected chi connectivity index (χ4v) is 3.69. The van der Waals surface area contributed by atoms with Crippen molar-refractivity contribution < 1.29 is 4.92 Å². The van der Waals surface area contributed by atoms with E-state index in [9.17, 15) is 15.4 Å². The van der Waals surface area contributed by atoms with Gasteiger partial charge in [0.1, 0.15) is 6.07 Å². The fraction of sp³-hybridized carbons (Fsp3) is 0.375. The summed E-state index contributed by atoms with van der Waals surface area (Å²) >= 11 is 1.70. The zero-order valence-corrected chi connectivity index (χ0v) is 14.3. The molecule has 0 spiro atoms. The maximum Gasteiger partial charge on any atom is 0.270 e. The molecule has 0 unspecified atom stereocenters. The maximum atomic E-state index is 10.9. The van der Waals surface area contributed by atoms with Gasteiger partial charge in [-0.05, 0) is 19.9 Å². The largest absolute Gasteiger partial charge is 0.367 e. The van der Waals surface area contributed by atoms with Gasteiger partial charge in [0.2, 0.25) is 0 Å². The molecular formula is C16H17N5O2S. The van der Waals surface area contributed by atoms with Crippen molar-refractivity contribution in [3.8, 4) is 6.07 Å². The standard InChI is InChI=1S/C16H17N5O2S/c1-11-12(2)24-16(18-11)20-7-5-19(6-8-20)15-4-3-14(21(22)23)9-13(15)10-17/h3-4,9H,5-8H2,1-2H3. The quantitative estimate of drug-likeness (QED) is 0.629. The number of rotatable bonds is 3. The van der Waals surface area contributed by atoms with Gasteiger partial charge < -0.3 is 9.80 Å². The van der Waals surface area contributed by atoms with Gasteiger partial charge in [-0.3, -0.25) is 10.1 Å². The first-order valence-corrected chi connectivity index (χ1v) is 8.43. The highest BCUT2D eigenvalue weighted by Gasteiger charge is 2.22. The van der Waals surface area contributed by atoms with E-state index in [2.05, 4.69) is 27.8 Å². The monoisotopic (exact) mass is 343 g/mol. The third-order valence-corrected chi connectivity index (χ3v) is 5.35. The maximum absolute atomic E-state index is 10.9. The summed E-state index contributed by atoms with van der Waals surface area (Å²) in [4.78, 5) is 20.6. The van der Waals surface area contributed by atoms with Crippen LogP contribution in [0.1, 0.15) is 16.1 Å². The van der Waals surface area contributed by atoms with Crippen molar-refractivity contribution in [2.45, 2.75) is 13.8 Å². The van der Waals surface area contributed by atoms with Gasteiger partial charge in [-0.2, -0.15) is 5.26 Å². The Kier molecular flexibility index (Phi) is 4.36. The van der Waals surface area contributed by atoms with E-state index in [1.165, 1.54) is 17.0 Å². The van der Waals surface area contributed by atoms with Crippen LogP contribution >= 0.6 is 11.3 Å². The van der Waals surface area contributed by atoms with Crippen LogP contribution in [-0.2, 0) is 0 Å². The first-order chi connectivity index (χ1) is 11.5. The van der Waals surface area contributed by atoms with Crippen molar-refractivity contribution in [2.24, 2.45) is 0 Å². The number of nitro groups is 1. The molecule has 0 amide bonds. The lowest BCUT2D eigenvalue weighted by Gasteiger charge is -2.36. The summed E-state index contributed by atoms with van der Waals surface area (Å²) in [5, 5.41) is 21.2. The second-order valence-electron chi connectivity index (χ2n) is 5.68. The van der Waals surface area contributed by atoms with Crippen LogP contribution in [0.4, 0.5) is 16.5 Å². The molecule has 0 N–H and O–H groups in total. The topological polar surface area (TPSA) is 86.3 Å². The summed E-state index contributed by atoms with van der Waals surface area (Å²) in [6, 6.07) is 6.54. The molecule has 2 heterocycles. The van der Waals surface area contributed by atoms with E-state index in [1.807, 2.05) is 6.92 Å². The molecule has 1 aliphatic rings. The summed E-state index contributed by atoms with van der Waals surface area (Å²) in [5.41, 5.74) is 2.12. The minimum Gasteiger partial charge on any atom is -0.367 e. The van der Waals surface area contributed by atoms with Crippen LogP contribution in [0, 0.1) is 35.3 Å². The van der Waals surface area contributed by atoms with Crippen LogP contribution < -0.4 is 9.80 Å². The SMILES string of the molecule is Cc1nc(N2CCN(c3ccc([N+](=O)[O-])cc3C#N)CC2)sc1C. The lowest BCUT2D eigenvalue weighted by Crippen LogP contribution is -2.46. The zero-order valence-electron chi connectivity index (χ0n) is 13.5. The van der Waals surface area contributed by atoms with E-state index in [0.29, 0.717) is 5.56 Å². The molecule has 2 aromatic rings. The number of hydrogen-bond donors (Lipinski definition) is 0. The molecule has 0 atom stereocenters. The number of benzene rings is 1. The lowest BCUT2D eigenvalue weighted by atomic mass is 10.1. The van der Waals surface area contributed by atoms with Crippen molar-refractivity contribution in [2.75, 3.05) is 36.0 Å². The summed E-state index contributed by atoms with van der Waals surface area (Å²) < 4.78 is 0. The van der Waals surface area contributed by atoms with Crippen molar-refractivity contribution in [1.29, 1.82) is 5.26 Å². The van der Waals surface area contributed by atoms with Crippen LogP contribution in [0.25, 0.3) is 0 Å². The molecule has 24 heavy (non-hydrogen) atoms. The molecule has 1 aromatic carbocycles. The third kappa shape index (κ3) is 3.03. The van der Waals surface area contributed by atoms with Crippen LogP contribution in [-0.4, -0.2) is 36.1 Å². The molecule has 0 saturated carbocycles. The number of hydrogen-bond acceptors (Lipinski definition) is 7. The molecule has 1 aliphatic heterocycles. The van der Waals surface area contributed by atoms with Crippen LogP contribution in [0.5, 0.6) is 0 Å². The summed E-state index contributed by atoms with van der Waals surface area (Å²) in [5.74, 6) is 0. The lowest BCUT2D eigenvalue weighted by molar-refractivity contribution is -0.384. The van der Waals surface area contributed by atoms with Gasteiger partial charge in [-0.25, -0.2) is 4.98 Å². The van der Waals surface area contributed by atoms with Gasteiger partial charge in [0.25, 0.3) is 5.69 Å². The van der Waals surface area contributed by atoms with Gasteiger partial charge in [0, 0.05) is 43.2 Å². The predicted molar refractivity (Wildman–Crippen MR) is 93.8 cm³/mol. The zero-order chi connectivity index (χ0) is 17.3. The number of piperazine rings is 1. The second-order valence-corrected chi connectivity index (χ2v) is 6.86. The highest BCUT2D eigenvalue weighted by molar-refractivity contribution is 7.15. The molecule has 0 radical (unpaired) electrons. The Morgan fingerprint density at radius 3 is 2.46 bits per heavy atom. The molecular weight excluding hydrogens is 326 g/mol. The minimum absolute atomic E-state index is 0.0531. The Morgan fingerprint density at radius 2 is 1.92 bits per heavy atom. The molecule has 124 valence electrons. The third-order valence-electron chi connectivity index (χ3n) is 4.22. The number of aromatic nitrogens is 1. The number of anilines is 2. The van der Waals surface area contributed by atoms with Crippen molar-refractivity contribution in [3.05, 3.63) is 44.4 Å². The Balaban J connectivity index is 1.75. The summed E-state index contributed by atoms with van der Waals surface area (Å²) in [6.45, 7) is 7.22. The van der Waals surface area contributed by atoms with Crippen molar-refractivity contribution in [1.82, 2.24) is 4.98 Å². The van der Waals surface area contributed by atoms with E-state index >= 15 is 0 Å². The molecule has 1 fully saturated rings. The average Bonchev–Trinajstić information content (AvgIpc) is 2.93. The van der Waals surface area contributed by atoms with Gasteiger partial charge >= 0.3 is 0 Å². The highest BCUT2D eigenvalue weighted by atomic mass is 32.1. The Bertz CT molecular complexity index is 799. The van der Waals surface area contributed by atoms with E-state index in [-0.39, 0.29) is 5.69 Å². The predicted octanol–water partition coefficient (Wildman–Crippen LogP) is 2.87. The Labute approximate surface area is 143 Å². The molecule has 3 rings (SSSR count). The highest BCUT2D eigenvalue weighted by Crippen LogP contribution is 2.29. The smallest absolute Gasteiger partial charge is 0.270 e. The fourth-order valence-electron chi connectivity index (χ4n) is 2.73. The number of non-ortho nitro benzene ring substituents is 1. The number of aryl methyl sites for hydroxylation is 2. The number of thiazole rings is 1.